The second-order valence-electron chi connectivity index (χ2n) is 7.88. The minimum absolute atomic E-state index is 0.184. The Morgan fingerprint density at radius 2 is 2.00 bits per heavy atom. The lowest BCUT2D eigenvalue weighted by Crippen LogP contribution is -2.24. The van der Waals surface area contributed by atoms with Gasteiger partial charge in [-0.3, -0.25) is 9.78 Å². The quantitative estimate of drug-likeness (QED) is 0.699. The smallest absolute Gasteiger partial charge is 0.263 e. The van der Waals surface area contributed by atoms with Gasteiger partial charge in [0.25, 0.3) is 5.56 Å². The third-order valence-electron chi connectivity index (χ3n) is 4.52. The zero-order chi connectivity index (χ0) is 19.6. The first kappa shape index (κ1) is 19.1. The highest BCUT2D eigenvalue weighted by molar-refractivity contribution is 5.74. The Kier molecular flexibility index (Phi) is 5.32. The number of H-pyrrole nitrogens is 1. The Bertz CT molecular complexity index is 982. The Morgan fingerprint density at radius 1 is 1.26 bits per heavy atom. The Balaban J connectivity index is 1.81. The van der Waals surface area contributed by atoms with E-state index in [0.29, 0.717) is 23.5 Å². The lowest BCUT2D eigenvalue weighted by atomic mass is 10.1. The minimum Gasteiger partial charge on any atom is -0.352 e. The fraction of sp³-hybridized carbons (Fsp3) is 0.450. The van der Waals surface area contributed by atoms with E-state index in [1.807, 2.05) is 20.8 Å². The molecule has 0 atom stereocenters. The van der Waals surface area contributed by atoms with Gasteiger partial charge in [-0.05, 0) is 45.5 Å². The summed E-state index contributed by atoms with van der Waals surface area (Å²) in [4.78, 5) is 22.0. The highest BCUT2D eigenvalue weighted by Gasteiger charge is 2.19. The van der Waals surface area contributed by atoms with Crippen LogP contribution in [-0.2, 0) is 18.6 Å². The van der Waals surface area contributed by atoms with Gasteiger partial charge in [0.05, 0.1) is 11.7 Å². The third kappa shape index (κ3) is 4.36. The van der Waals surface area contributed by atoms with Crippen molar-refractivity contribution in [3.8, 4) is 0 Å². The number of anilines is 1. The third-order valence-corrected chi connectivity index (χ3v) is 4.52. The van der Waals surface area contributed by atoms with Crippen LogP contribution in [0.5, 0.6) is 0 Å². The molecule has 0 radical (unpaired) electrons. The summed E-state index contributed by atoms with van der Waals surface area (Å²) in [6.45, 7) is 10.8. The normalized spacial score (nSPS) is 12.1. The molecule has 0 bridgehead atoms. The molecule has 7 heteroatoms. The number of benzene rings is 1. The average Bonchev–Trinajstić information content (AvgIpc) is 3.05. The molecule has 0 fully saturated rings. The van der Waals surface area contributed by atoms with Gasteiger partial charge in [0.15, 0.2) is 5.65 Å². The molecule has 0 aliphatic carbocycles. The van der Waals surface area contributed by atoms with Crippen molar-refractivity contribution >= 4 is 17.0 Å². The zero-order valence-corrected chi connectivity index (χ0v) is 16.7. The minimum atomic E-state index is -0.251. The van der Waals surface area contributed by atoms with E-state index in [4.69, 9.17) is 0 Å². The van der Waals surface area contributed by atoms with Crippen LogP contribution in [0.2, 0.25) is 0 Å². The van der Waals surface area contributed by atoms with Crippen LogP contribution in [0.1, 0.15) is 38.8 Å². The second kappa shape index (κ2) is 7.52. The molecular weight excluding hydrogens is 340 g/mol. The van der Waals surface area contributed by atoms with Gasteiger partial charge < -0.3 is 10.2 Å². The molecule has 3 aromatic rings. The van der Waals surface area contributed by atoms with Crippen LogP contribution >= 0.6 is 0 Å². The molecule has 3 rings (SSSR count). The molecule has 0 saturated carbocycles. The van der Waals surface area contributed by atoms with Crippen LogP contribution < -0.4 is 10.9 Å². The molecule has 0 aliphatic heterocycles. The summed E-state index contributed by atoms with van der Waals surface area (Å²) < 4.78 is 1.78. The van der Waals surface area contributed by atoms with Crippen molar-refractivity contribution in [1.82, 2.24) is 24.6 Å². The van der Waals surface area contributed by atoms with Gasteiger partial charge >= 0.3 is 0 Å². The van der Waals surface area contributed by atoms with E-state index in [-0.39, 0.29) is 11.1 Å². The van der Waals surface area contributed by atoms with Gasteiger partial charge in [0.1, 0.15) is 5.39 Å². The van der Waals surface area contributed by atoms with Crippen LogP contribution in [0.4, 0.5) is 5.95 Å². The number of aromatic amines is 1. The summed E-state index contributed by atoms with van der Waals surface area (Å²) in [6, 6.07) is 8.43. The van der Waals surface area contributed by atoms with Crippen molar-refractivity contribution in [2.75, 3.05) is 18.9 Å². The maximum absolute atomic E-state index is 12.4. The monoisotopic (exact) mass is 368 g/mol. The SMILES string of the molecule is CCN(C)Cc1cccc(CNc2nc3c(cnn3C(C)(C)C)c(=O)[nH]2)c1. The van der Waals surface area contributed by atoms with Crippen molar-refractivity contribution in [2.45, 2.75) is 46.3 Å². The summed E-state index contributed by atoms with van der Waals surface area (Å²) in [5, 5.41) is 8.07. The van der Waals surface area contributed by atoms with Gasteiger partial charge in [0.2, 0.25) is 5.95 Å². The van der Waals surface area contributed by atoms with Crippen LogP contribution in [0.25, 0.3) is 11.0 Å². The van der Waals surface area contributed by atoms with Crippen LogP contribution in [-0.4, -0.2) is 38.2 Å². The largest absolute Gasteiger partial charge is 0.352 e. The molecular formula is C20H28N6O. The Hall–Kier alpha value is -2.67. The standard InChI is InChI=1S/C20H28N6O/c1-6-25(5)13-15-9-7-8-14(10-15)11-21-19-23-17-16(18(27)24-19)12-22-26(17)20(2,3)4/h7-10,12H,6,11,13H2,1-5H3,(H2,21,23,24,27). The average molecular weight is 368 g/mol. The van der Waals surface area contributed by atoms with Crippen LogP contribution in [0.15, 0.2) is 35.3 Å². The molecule has 27 heavy (non-hydrogen) atoms. The highest BCUT2D eigenvalue weighted by atomic mass is 16.1. The number of hydrogen-bond donors (Lipinski definition) is 2. The van der Waals surface area contributed by atoms with Gasteiger partial charge in [0, 0.05) is 13.1 Å². The number of aromatic nitrogens is 4. The predicted octanol–water partition coefficient (Wildman–Crippen LogP) is 2.94. The van der Waals surface area contributed by atoms with E-state index in [1.54, 1.807) is 10.9 Å². The molecule has 144 valence electrons. The number of fused-ring (bicyclic) bond motifs is 1. The molecule has 7 nitrogen and oxygen atoms in total. The number of rotatable bonds is 6. The number of nitrogens with zero attached hydrogens (tertiary/aromatic N) is 4. The summed E-state index contributed by atoms with van der Waals surface area (Å²) >= 11 is 0. The fourth-order valence-corrected chi connectivity index (χ4v) is 2.94. The van der Waals surface area contributed by atoms with E-state index < -0.39 is 0 Å². The van der Waals surface area contributed by atoms with Crippen molar-refractivity contribution in [3.63, 3.8) is 0 Å². The predicted molar refractivity (Wildman–Crippen MR) is 109 cm³/mol. The van der Waals surface area contributed by atoms with Gasteiger partial charge in [-0.15, -0.1) is 0 Å². The molecule has 0 amide bonds. The molecule has 2 aromatic heterocycles. The van der Waals surface area contributed by atoms with Crippen molar-refractivity contribution in [2.24, 2.45) is 0 Å². The number of nitrogens with one attached hydrogen (secondary N) is 2. The van der Waals surface area contributed by atoms with E-state index in [2.05, 4.69) is 63.5 Å². The molecule has 0 saturated heterocycles. The first-order valence-electron chi connectivity index (χ1n) is 9.26. The van der Waals surface area contributed by atoms with Crippen molar-refractivity contribution in [1.29, 1.82) is 0 Å². The second-order valence-corrected chi connectivity index (χ2v) is 7.88. The lowest BCUT2D eigenvalue weighted by Gasteiger charge is -2.19. The lowest BCUT2D eigenvalue weighted by molar-refractivity contribution is 0.345. The Morgan fingerprint density at radius 3 is 2.70 bits per heavy atom. The summed E-state index contributed by atoms with van der Waals surface area (Å²) in [6.07, 6.45) is 1.57. The van der Waals surface area contributed by atoms with E-state index in [9.17, 15) is 4.79 Å². The molecule has 1 aromatic carbocycles. The van der Waals surface area contributed by atoms with Crippen molar-refractivity contribution < 1.29 is 0 Å². The van der Waals surface area contributed by atoms with E-state index >= 15 is 0 Å². The summed E-state index contributed by atoms with van der Waals surface area (Å²) in [5.74, 6) is 0.453. The maximum Gasteiger partial charge on any atom is 0.263 e. The summed E-state index contributed by atoms with van der Waals surface area (Å²) in [5.41, 5.74) is 2.56. The fourth-order valence-electron chi connectivity index (χ4n) is 2.94. The Labute approximate surface area is 159 Å². The van der Waals surface area contributed by atoms with E-state index in [1.165, 1.54) is 5.56 Å². The highest BCUT2D eigenvalue weighted by Crippen LogP contribution is 2.19. The van der Waals surface area contributed by atoms with Crippen LogP contribution in [0.3, 0.4) is 0 Å². The first-order valence-corrected chi connectivity index (χ1v) is 9.26. The van der Waals surface area contributed by atoms with E-state index in [0.717, 1.165) is 18.7 Å². The van der Waals surface area contributed by atoms with Gasteiger partial charge in [-0.2, -0.15) is 10.1 Å². The number of hydrogen-bond acceptors (Lipinski definition) is 5. The molecule has 2 heterocycles. The first-order chi connectivity index (χ1) is 12.8. The topological polar surface area (TPSA) is 78.8 Å². The molecule has 0 spiro atoms. The van der Waals surface area contributed by atoms with Gasteiger partial charge in [-0.25, -0.2) is 4.68 Å². The summed E-state index contributed by atoms with van der Waals surface area (Å²) in [7, 11) is 2.10. The maximum atomic E-state index is 12.4. The molecule has 2 N–H and O–H groups in total. The van der Waals surface area contributed by atoms with Crippen molar-refractivity contribution in [3.05, 3.63) is 51.9 Å². The van der Waals surface area contributed by atoms with Crippen LogP contribution in [0, 0.1) is 0 Å². The molecule has 0 unspecified atom stereocenters. The zero-order valence-electron chi connectivity index (χ0n) is 16.7. The van der Waals surface area contributed by atoms with Gasteiger partial charge in [-0.1, -0.05) is 31.2 Å². The molecule has 0 aliphatic rings.